The van der Waals surface area contributed by atoms with Gasteiger partial charge in [0.05, 0.1) is 25.3 Å². The van der Waals surface area contributed by atoms with Crippen LogP contribution in [0, 0.1) is 0 Å². The third-order valence-corrected chi connectivity index (χ3v) is 5.47. The Hall–Kier alpha value is -3.14. The minimum atomic E-state index is -0.173. The number of hydrogen-bond donors (Lipinski definition) is 1. The molecule has 3 aromatic carbocycles. The quantitative estimate of drug-likeness (QED) is 0.475. The van der Waals surface area contributed by atoms with Gasteiger partial charge in [0, 0.05) is 35.0 Å². The molecule has 1 N–H and O–H groups in total. The Morgan fingerprint density at radius 3 is 2.24 bits per heavy atom. The van der Waals surface area contributed by atoms with Gasteiger partial charge in [0.15, 0.2) is 0 Å². The van der Waals surface area contributed by atoms with Gasteiger partial charge >= 0.3 is 0 Å². The van der Waals surface area contributed by atoms with E-state index in [0.29, 0.717) is 12.3 Å². The average molecular weight is 389 g/mol. The molecule has 0 saturated carbocycles. The van der Waals surface area contributed by atoms with Gasteiger partial charge in [-0.2, -0.15) is 0 Å². The van der Waals surface area contributed by atoms with Crippen molar-refractivity contribution in [3.8, 4) is 17.2 Å². The summed E-state index contributed by atoms with van der Waals surface area (Å²) in [6.07, 6.45) is 0. The van der Waals surface area contributed by atoms with E-state index in [2.05, 4.69) is 55.7 Å². The normalized spacial score (nSPS) is 11.9. The Labute approximate surface area is 171 Å². The average Bonchev–Trinajstić information content (AvgIpc) is 2.99. The topological polar surface area (TPSA) is 43.6 Å². The fourth-order valence-electron chi connectivity index (χ4n) is 4.01. The van der Waals surface area contributed by atoms with E-state index >= 15 is 0 Å². The molecule has 0 bridgehead atoms. The van der Waals surface area contributed by atoms with Crippen LogP contribution in [0.1, 0.15) is 31.9 Å². The SMILES string of the molecule is COc1cc(OC)c2c3cc(O)c(C(C)(C)C)cc3n(Cc3ccccc3)c2c1. The van der Waals surface area contributed by atoms with Gasteiger partial charge < -0.3 is 19.1 Å². The Kier molecular flexibility index (Phi) is 4.65. The molecule has 4 nitrogen and oxygen atoms in total. The molecule has 0 aliphatic heterocycles. The number of methoxy groups -OCH3 is 2. The van der Waals surface area contributed by atoms with Crippen LogP contribution in [-0.4, -0.2) is 23.9 Å². The lowest BCUT2D eigenvalue weighted by Crippen LogP contribution is -2.11. The van der Waals surface area contributed by atoms with Crippen LogP contribution in [0.15, 0.2) is 54.6 Å². The summed E-state index contributed by atoms with van der Waals surface area (Å²) >= 11 is 0. The predicted octanol–water partition coefficient (Wildman–Crippen LogP) is 5.86. The van der Waals surface area contributed by atoms with Gasteiger partial charge in [-0.15, -0.1) is 0 Å². The number of benzene rings is 3. The Balaban J connectivity index is 2.12. The first-order valence-electron chi connectivity index (χ1n) is 9.79. The summed E-state index contributed by atoms with van der Waals surface area (Å²) in [6.45, 7) is 7.05. The lowest BCUT2D eigenvalue weighted by atomic mass is 9.85. The van der Waals surface area contributed by atoms with Crippen molar-refractivity contribution in [2.75, 3.05) is 14.2 Å². The maximum Gasteiger partial charge on any atom is 0.132 e. The smallest absolute Gasteiger partial charge is 0.132 e. The maximum atomic E-state index is 10.8. The highest BCUT2D eigenvalue weighted by molar-refractivity contribution is 6.12. The molecule has 4 rings (SSSR count). The van der Waals surface area contributed by atoms with Crippen LogP contribution in [0.4, 0.5) is 0 Å². The molecule has 0 atom stereocenters. The number of ether oxygens (including phenoxy) is 2. The molecule has 1 heterocycles. The molecule has 4 heteroatoms. The second-order valence-electron chi connectivity index (χ2n) is 8.43. The summed E-state index contributed by atoms with van der Waals surface area (Å²) in [6, 6.07) is 18.3. The number of rotatable bonds is 4. The summed E-state index contributed by atoms with van der Waals surface area (Å²) in [5, 5.41) is 12.7. The zero-order valence-corrected chi connectivity index (χ0v) is 17.6. The van der Waals surface area contributed by atoms with Crippen molar-refractivity contribution in [3.63, 3.8) is 0 Å². The zero-order chi connectivity index (χ0) is 20.8. The Morgan fingerprint density at radius 1 is 0.897 bits per heavy atom. The molecule has 0 fully saturated rings. The molecule has 0 aliphatic carbocycles. The third kappa shape index (κ3) is 3.29. The van der Waals surface area contributed by atoms with Gasteiger partial charge in [0.25, 0.3) is 0 Å². The van der Waals surface area contributed by atoms with Crippen molar-refractivity contribution in [2.45, 2.75) is 32.7 Å². The summed E-state index contributed by atoms with van der Waals surface area (Å²) < 4.78 is 13.5. The number of phenolic OH excluding ortho intramolecular Hbond substituents is 1. The lowest BCUT2D eigenvalue weighted by molar-refractivity contribution is 0.398. The van der Waals surface area contributed by atoms with Crippen molar-refractivity contribution in [1.82, 2.24) is 4.57 Å². The van der Waals surface area contributed by atoms with Gasteiger partial charge in [-0.1, -0.05) is 51.1 Å². The largest absolute Gasteiger partial charge is 0.508 e. The zero-order valence-electron chi connectivity index (χ0n) is 17.6. The van der Waals surface area contributed by atoms with E-state index in [4.69, 9.17) is 9.47 Å². The molecule has 0 spiro atoms. The van der Waals surface area contributed by atoms with E-state index in [1.807, 2.05) is 24.3 Å². The first-order valence-corrected chi connectivity index (χ1v) is 9.79. The summed E-state index contributed by atoms with van der Waals surface area (Å²) in [4.78, 5) is 0. The summed E-state index contributed by atoms with van der Waals surface area (Å²) in [5.74, 6) is 1.78. The van der Waals surface area contributed by atoms with Crippen LogP contribution >= 0.6 is 0 Å². The van der Waals surface area contributed by atoms with E-state index in [1.165, 1.54) is 5.56 Å². The molecule has 0 radical (unpaired) electrons. The summed E-state index contributed by atoms with van der Waals surface area (Å²) in [5.41, 5.74) is 4.05. The van der Waals surface area contributed by atoms with Crippen molar-refractivity contribution >= 4 is 21.8 Å². The molecule has 0 saturated heterocycles. The molecule has 29 heavy (non-hydrogen) atoms. The Morgan fingerprint density at radius 2 is 1.62 bits per heavy atom. The number of nitrogens with zero attached hydrogens (tertiary/aromatic N) is 1. The fraction of sp³-hybridized carbons (Fsp3) is 0.280. The predicted molar refractivity (Wildman–Crippen MR) is 118 cm³/mol. The molecular formula is C25H27NO3. The molecule has 1 aromatic heterocycles. The van der Waals surface area contributed by atoms with Crippen molar-refractivity contribution in [3.05, 3.63) is 65.7 Å². The van der Waals surface area contributed by atoms with Crippen molar-refractivity contribution in [2.24, 2.45) is 0 Å². The molecule has 150 valence electrons. The van der Waals surface area contributed by atoms with E-state index in [-0.39, 0.29) is 5.41 Å². The number of phenols is 1. The van der Waals surface area contributed by atoms with Crippen molar-refractivity contribution < 1.29 is 14.6 Å². The molecule has 0 amide bonds. The molecule has 4 aromatic rings. The van der Waals surface area contributed by atoms with Crippen LogP contribution in [0.5, 0.6) is 17.2 Å². The highest BCUT2D eigenvalue weighted by Crippen LogP contribution is 2.43. The highest BCUT2D eigenvalue weighted by atomic mass is 16.5. The maximum absolute atomic E-state index is 10.8. The molecule has 0 unspecified atom stereocenters. The van der Waals surface area contributed by atoms with Gasteiger partial charge in [0.2, 0.25) is 0 Å². The van der Waals surface area contributed by atoms with Crippen LogP contribution in [0.3, 0.4) is 0 Å². The van der Waals surface area contributed by atoms with E-state index in [9.17, 15) is 5.11 Å². The van der Waals surface area contributed by atoms with E-state index in [0.717, 1.165) is 38.9 Å². The van der Waals surface area contributed by atoms with Gasteiger partial charge in [-0.3, -0.25) is 0 Å². The third-order valence-electron chi connectivity index (χ3n) is 5.47. The van der Waals surface area contributed by atoms with Gasteiger partial charge in [-0.05, 0) is 23.1 Å². The summed E-state index contributed by atoms with van der Waals surface area (Å²) in [7, 11) is 3.33. The molecular weight excluding hydrogens is 362 g/mol. The minimum absolute atomic E-state index is 0.173. The lowest BCUT2D eigenvalue weighted by Gasteiger charge is -2.21. The number of hydrogen-bond acceptors (Lipinski definition) is 3. The minimum Gasteiger partial charge on any atom is -0.508 e. The first-order chi connectivity index (χ1) is 13.8. The second kappa shape index (κ2) is 7.03. The van der Waals surface area contributed by atoms with E-state index < -0.39 is 0 Å². The highest BCUT2D eigenvalue weighted by Gasteiger charge is 2.23. The van der Waals surface area contributed by atoms with Gasteiger partial charge in [0.1, 0.15) is 17.2 Å². The van der Waals surface area contributed by atoms with E-state index in [1.54, 1.807) is 14.2 Å². The number of aromatic nitrogens is 1. The fourth-order valence-corrected chi connectivity index (χ4v) is 4.01. The number of fused-ring (bicyclic) bond motifs is 3. The van der Waals surface area contributed by atoms with Crippen LogP contribution in [-0.2, 0) is 12.0 Å². The van der Waals surface area contributed by atoms with Crippen LogP contribution < -0.4 is 9.47 Å². The van der Waals surface area contributed by atoms with Crippen molar-refractivity contribution in [1.29, 1.82) is 0 Å². The van der Waals surface area contributed by atoms with Crippen LogP contribution in [0.2, 0.25) is 0 Å². The number of aromatic hydroxyl groups is 1. The first kappa shape index (κ1) is 19.2. The second-order valence-corrected chi connectivity index (χ2v) is 8.43. The Bertz CT molecular complexity index is 1180. The molecule has 0 aliphatic rings. The standard InChI is InChI=1S/C25H27NO3/c1-25(2,3)19-14-20-18(13-22(19)27)24-21(11-17(28-4)12-23(24)29-5)26(20)15-16-9-7-6-8-10-16/h6-14,27H,15H2,1-5H3. The monoisotopic (exact) mass is 389 g/mol. The van der Waals surface area contributed by atoms with Crippen LogP contribution in [0.25, 0.3) is 21.8 Å². The van der Waals surface area contributed by atoms with Gasteiger partial charge in [-0.25, -0.2) is 0 Å².